The molecule has 0 spiro atoms. The van der Waals surface area contributed by atoms with Gasteiger partial charge in [0.2, 0.25) is 0 Å². The fourth-order valence-corrected chi connectivity index (χ4v) is 4.09. The third kappa shape index (κ3) is 3.87. The van der Waals surface area contributed by atoms with Gasteiger partial charge >= 0.3 is 0 Å². The number of amides is 1. The Labute approximate surface area is 169 Å². The Balaban J connectivity index is 1.99. The molecule has 140 valence electrons. The van der Waals surface area contributed by atoms with E-state index in [9.17, 15) is 4.79 Å². The highest BCUT2D eigenvalue weighted by Crippen LogP contribution is 2.39. The van der Waals surface area contributed by atoms with E-state index in [1.54, 1.807) is 12.0 Å². The zero-order chi connectivity index (χ0) is 19.6. The molecule has 0 N–H and O–H groups in total. The van der Waals surface area contributed by atoms with E-state index in [1.807, 2.05) is 63.2 Å². The molecule has 2 aromatic carbocycles. The largest absolute Gasteiger partial charge is 0.493 e. The highest BCUT2D eigenvalue weighted by molar-refractivity contribution is 8.27. The molecule has 0 aromatic heterocycles. The number of methoxy groups -OCH3 is 1. The number of carbonyl (C=O) groups excluding carboxylic acids is 1. The molecule has 0 radical (unpaired) electrons. The number of rotatable bonds is 5. The monoisotopic (exact) mass is 399 g/mol. The summed E-state index contributed by atoms with van der Waals surface area (Å²) in [5.41, 5.74) is 3.88. The summed E-state index contributed by atoms with van der Waals surface area (Å²) in [7, 11) is 1.60. The number of benzene rings is 2. The molecule has 0 saturated carbocycles. The van der Waals surface area contributed by atoms with Gasteiger partial charge in [0.15, 0.2) is 15.8 Å². The van der Waals surface area contributed by atoms with E-state index >= 15 is 0 Å². The van der Waals surface area contributed by atoms with Gasteiger partial charge in [0.05, 0.1) is 24.3 Å². The predicted octanol–water partition coefficient (Wildman–Crippen LogP) is 5.12. The van der Waals surface area contributed by atoms with Crippen molar-refractivity contribution in [2.24, 2.45) is 0 Å². The van der Waals surface area contributed by atoms with E-state index in [-0.39, 0.29) is 5.91 Å². The Bertz CT molecular complexity index is 937. The van der Waals surface area contributed by atoms with Crippen molar-refractivity contribution in [1.29, 1.82) is 0 Å². The first-order valence-electron chi connectivity index (χ1n) is 8.61. The van der Waals surface area contributed by atoms with Gasteiger partial charge in [0, 0.05) is 5.56 Å². The first kappa shape index (κ1) is 19.5. The number of aryl methyl sites for hydroxylation is 2. The van der Waals surface area contributed by atoms with E-state index in [0.717, 1.165) is 16.8 Å². The van der Waals surface area contributed by atoms with Crippen LogP contribution in [0.3, 0.4) is 0 Å². The fourth-order valence-electron chi connectivity index (χ4n) is 2.80. The van der Waals surface area contributed by atoms with Crippen LogP contribution in [-0.2, 0) is 4.79 Å². The van der Waals surface area contributed by atoms with Crippen molar-refractivity contribution in [2.45, 2.75) is 20.8 Å². The first-order valence-corrected chi connectivity index (χ1v) is 9.83. The van der Waals surface area contributed by atoms with Gasteiger partial charge in [-0.3, -0.25) is 9.69 Å². The van der Waals surface area contributed by atoms with E-state index < -0.39 is 0 Å². The normalized spacial score (nSPS) is 15.6. The number of anilines is 1. The van der Waals surface area contributed by atoms with Crippen molar-refractivity contribution >= 4 is 46.0 Å². The Morgan fingerprint density at radius 1 is 1.19 bits per heavy atom. The summed E-state index contributed by atoms with van der Waals surface area (Å²) < 4.78 is 11.6. The number of ether oxygens (including phenoxy) is 2. The molecule has 0 unspecified atom stereocenters. The van der Waals surface area contributed by atoms with Crippen LogP contribution in [0.15, 0.2) is 41.3 Å². The maximum atomic E-state index is 13.0. The Hall–Kier alpha value is -2.31. The van der Waals surface area contributed by atoms with E-state index in [2.05, 4.69) is 0 Å². The van der Waals surface area contributed by atoms with Crippen molar-refractivity contribution in [3.05, 3.63) is 58.0 Å². The number of thiocarbonyl (C=S) groups is 1. The van der Waals surface area contributed by atoms with Crippen LogP contribution in [0.1, 0.15) is 23.6 Å². The topological polar surface area (TPSA) is 38.8 Å². The number of nitrogens with zero attached hydrogens (tertiary/aromatic N) is 1. The standard InChI is InChI=1S/C21H21NO3S2/c1-5-25-19-15(7-6-8-17(19)24-4)12-18-20(23)22(21(26)27-18)16-10-9-13(2)14(3)11-16/h6-12H,5H2,1-4H3. The molecule has 1 amide bonds. The van der Waals surface area contributed by atoms with Gasteiger partial charge in [-0.25, -0.2) is 0 Å². The van der Waals surface area contributed by atoms with Gasteiger partial charge in [0.25, 0.3) is 5.91 Å². The molecule has 1 fully saturated rings. The van der Waals surface area contributed by atoms with Crippen LogP contribution in [0.4, 0.5) is 5.69 Å². The summed E-state index contributed by atoms with van der Waals surface area (Å²) in [6.45, 7) is 6.48. The lowest BCUT2D eigenvalue weighted by Gasteiger charge is -2.16. The van der Waals surface area contributed by atoms with Gasteiger partial charge in [0.1, 0.15) is 0 Å². The minimum atomic E-state index is -0.126. The predicted molar refractivity (Wildman–Crippen MR) is 116 cm³/mol. The maximum absolute atomic E-state index is 13.0. The minimum Gasteiger partial charge on any atom is -0.493 e. The lowest BCUT2D eigenvalue weighted by molar-refractivity contribution is -0.113. The average Bonchev–Trinajstić information content (AvgIpc) is 2.92. The van der Waals surface area contributed by atoms with Gasteiger partial charge in [-0.05, 0) is 56.2 Å². The highest BCUT2D eigenvalue weighted by Gasteiger charge is 2.33. The lowest BCUT2D eigenvalue weighted by Crippen LogP contribution is -2.27. The summed E-state index contributed by atoms with van der Waals surface area (Å²) in [6.07, 6.45) is 1.81. The summed E-state index contributed by atoms with van der Waals surface area (Å²) in [4.78, 5) is 15.2. The molecule has 0 aliphatic carbocycles. The van der Waals surface area contributed by atoms with Crippen LogP contribution in [0.25, 0.3) is 6.08 Å². The van der Waals surface area contributed by atoms with Crippen LogP contribution in [0.2, 0.25) is 0 Å². The van der Waals surface area contributed by atoms with Crippen LogP contribution in [-0.4, -0.2) is 23.9 Å². The number of hydrogen-bond acceptors (Lipinski definition) is 5. The van der Waals surface area contributed by atoms with E-state index in [4.69, 9.17) is 21.7 Å². The SMILES string of the molecule is CCOc1c(C=C2SC(=S)N(c3ccc(C)c(C)c3)C2=O)cccc1OC. The second-order valence-electron chi connectivity index (χ2n) is 6.10. The third-order valence-corrected chi connectivity index (χ3v) is 5.65. The number of carbonyl (C=O) groups is 1. The Morgan fingerprint density at radius 3 is 2.63 bits per heavy atom. The van der Waals surface area contributed by atoms with Gasteiger partial charge in [-0.2, -0.15) is 0 Å². The zero-order valence-electron chi connectivity index (χ0n) is 15.7. The second-order valence-corrected chi connectivity index (χ2v) is 7.77. The van der Waals surface area contributed by atoms with Crippen LogP contribution in [0, 0.1) is 13.8 Å². The molecular weight excluding hydrogens is 378 g/mol. The summed E-state index contributed by atoms with van der Waals surface area (Å²) in [5, 5.41) is 0. The summed E-state index contributed by atoms with van der Waals surface area (Å²) in [5.74, 6) is 1.13. The van der Waals surface area contributed by atoms with E-state index in [1.165, 1.54) is 17.3 Å². The van der Waals surface area contributed by atoms with Crippen LogP contribution >= 0.6 is 24.0 Å². The van der Waals surface area contributed by atoms with Crippen LogP contribution < -0.4 is 14.4 Å². The Kier molecular flexibility index (Phi) is 5.87. The molecule has 27 heavy (non-hydrogen) atoms. The maximum Gasteiger partial charge on any atom is 0.270 e. The summed E-state index contributed by atoms with van der Waals surface area (Å²) >= 11 is 6.77. The summed E-state index contributed by atoms with van der Waals surface area (Å²) in [6, 6.07) is 11.5. The quantitative estimate of drug-likeness (QED) is 0.516. The molecule has 6 heteroatoms. The number of para-hydroxylation sites is 1. The van der Waals surface area contributed by atoms with Crippen LogP contribution in [0.5, 0.6) is 11.5 Å². The molecule has 1 saturated heterocycles. The smallest absolute Gasteiger partial charge is 0.270 e. The zero-order valence-corrected chi connectivity index (χ0v) is 17.4. The molecule has 0 bridgehead atoms. The molecule has 3 rings (SSSR count). The van der Waals surface area contributed by atoms with Crippen molar-refractivity contribution in [1.82, 2.24) is 0 Å². The van der Waals surface area contributed by atoms with Crippen molar-refractivity contribution in [2.75, 3.05) is 18.6 Å². The average molecular weight is 400 g/mol. The fraction of sp³-hybridized carbons (Fsp3) is 0.238. The number of hydrogen-bond donors (Lipinski definition) is 0. The number of thioether (sulfide) groups is 1. The molecule has 1 aliphatic rings. The molecule has 4 nitrogen and oxygen atoms in total. The van der Waals surface area contributed by atoms with E-state index in [0.29, 0.717) is 27.3 Å². The van der Waals surface area contributed by atoms with Crippen molar-refractivity contribution in [3.8, 4) is 11.5 Å². The first-order chi connectivity index (χ1) is 13.0. The lowest BCUT2D eigenvalue weighted by atomic mass is 10.1. The Morgan fingerprint density at radius 2 is 1.96 bits per heavy atom. The van der Waals surface area contributed by atoms with Gasteiger partial charge in [-0.1, -0.05) is 42.2 Å². The van der Waals surface area contributed by atoms with Gasteiger partial charge in [-0.15, -0.1) is 0 Å². The highest BCUT2D eigenvalue weighted by atomic mass is 32.2. The molecule has 1 heterocycles. The van der Waals surface area contributed by atoms with Crippen molar-refractivity contribution < 1.29 is 14.3 Å². The second kappa shape index (κ2) is 8.15. The molecule has 1 aliphatic heterocycles. The third-order valence-electron chi connectivity index (χ3n) is 4.35. The molecule has 2 aromatic rings. The van der Waals surface area contributed by atoms with Gasteiger partial charge < -0.3 is 9.47 Å². The molecular formula is C21H21NO3S2. The minimum absolute atomic E-state index is 0.126. The molecule has 0 atom stereocenters. The van der Waals surface area contributed by atoms with Crippen molar-refractivity contribution in [3.63, 3.8) is 0 Å².